The number of nitrogens with zero attached hydrogens (tertiary/aromatic N) is 1. The van der Waals surface area contributed by atoms with Gasteiger partial charge in [-0.1, -0.05) is 29.3 Å². The van der Waals surface area contributed by atoms with E-state index in [1.165, 1.54) is 4.90 Å². The van der Waals surface area contributed by atoms with Crippen LogP contribution in [0.2, 0.25) is 10.0 Å². The third-order valence-corrected chi connectivity index (χ3v) is 3.90. The standard InChI is InChI=1S/C15H17Cl2NO3/c16-12-5-4-11(9-13(12)17)10-18(6-7-19)15(20)14-3-1-2-8-21-14/h3-5,9,19H,1-2,6-8,10H2. The number of benzene rings is 1. The third kappa shape index (κ3) is 4.37. The van der Waals surface area contributed by atoms with Crippen LogP contribution in [0.1, 0.15) is 18.4 Å². The zero-order valence-electron chi connectivity index (χ0n) is 11.5. The van der Waals surface area contributed by atoms with Crippen molar-refractivity contribution in [1.82, 2.24) is 4.90 Å². The van der Waals surface area contributed by atoms with Crippen molar-refractivity contribution >= 4 is 29.1 Å². The largest absolute Gasteiger partial charge is 0.488 e. The molecule has 0 saturated heterocycles. The van der Waals surface area contributed by atoms with Gasteiger partial charge in [-0.2, -0.15) is 0 Å². The van der Waals surface area contributed by atoms with Gasteiger partial charge in [-0.15, -0.1) is 0 Å². The second-order valence-corrected chi connectivity index (χ2v) is 5.57. The highest BCUT2D eigenvalue weighted by molar-refractivity contribution is 6.42. The van der Waals surface area contributed by atoms with E-state index in [0.717, 1.165) is 18.4 Å². The molecule has 1 aliphatic rings. The van der Waals surface area contributed by atoms with Gasteiger partial charge in [0, 0.05) is 13.1 Å². The SMILES string of the molecule is O=C(C1=CCCCO1)N(CCO)Cc1ccc(Cl)c(Cl)c1. The topological polar surface area (TPSA) is 49.8 Å². The van der Waals surface area contributed by atoms with Gasteiger partial charge < -0.3 is 14.7 Å². The monoisotopic (exact) mass is 329 g/mol. The molecule has 0 atom stereocenters. The van der Waals surface area contributed by atoms with Gasteiger partial charge in [-0.05, 0) is 36.6 Å². The Morgan fingerprint density at radius 1 is 1.33 bits per heavy atom. The van der Waals surface area contributed by atoms with Crippen LogP contribution in [-0.4, -0.2) is 35.7 Å². The maximum atomic E-state index is 12.4. The summed E-state index contributed by atoms with van der Waals surface area (Å²) in [4.78, 5) is 13.9. The first-order valence-corrected chi connectivity index (χ1v) is 7.54. The molecule has 1 aromatic rings. The maximum Gasteiger partial charge on any atom is 0.288 e. The molecule has 114 valence electrons. The molecule has 6 heteroatoms. The van der Waals surface area contributed by atoms with Crippen LogP contribution in [-0.2, 0) is 16.1 Å². The van der Waals surface area contributed by atoms with Crippen LogP contribution in [0, 0.1) is 0 Å². The summed E-state index contributed by atoms with van der Waals surface area (Å²) in [6.07, 6.45) is 3.55. The predicted octanol–water partition coefficient (Wildman–Crippen LogP) is 3.01. The molecule has 1 aromatic carbocycles. The molecule has 0 aliphatic carbocycles. The summed E-state index contributed by atoms with van der Waals surface area (Å²) >= 11 is 11.9. The van der Waals surface area contributed by atoms with Gasteiger partial charge in [0.25, 0.3) is 5.91 Å². The lowest BCUT2D eigenvalue weighted by Gasteiger charge is -2.24. The number of allylic oxidation sites excluding steroid dienone is 1. The Hall–Kier alpha value is -1.23. The molecule has 1 aliphatic heterocycles. The summed E-state index contributed by atoms with van der Waals surface area (Å²) in [5.74, 6) is 0.143. The first-order chi connectivity index (χ1) is 10.1. The molecule has 2 rings (SSSR count). The number of rotatable bonds is 5. The predicted molar refractivity (Wildman–Crippen MR) is 82.2 cm³/mol. The van der Waals surface area contributed by atoms with Gasteiger partial charge in [0.1, 0.15) is 0 Å². The number of aliphatic hydroxyl groups is 1. The fraction of sp³-hybridized carbons (Fsp3) is 0.400. The summed E-state index contributed by atoms with van der Waals surface area (Å²) in [6.45, 7) is 1.02. The molecule has 21 heavy (non-hydrogen) atoms. The van der Waals surface area contributed by atoms with Crippen molar-refractivity contribution in [2.45, 2.75) is 19.4 Å². The zero-order chi connectivity index (χ0) is 15.2. The van der Waals surface area contributed by atoms with Gasteiger partial charge >= 0.3 is 0 Å². The molecule has 0 bridgehead atoms. The average molecular weight is 330 g/mol. The Morgan fingerprint density at radius 2 is 2.14 bits per heavy atom. The molecule has 0 fully saturated rings. The van der Waals surface area contributed by atoms with E-state index in [2.05, 4.69) is 0 Å². The van der Waals surface area contributed by atoms with E-state index in [-0.39, 0.29) is 19.1 Å². The Labute approximate surface area is 133 Å². The van der Waals surface area contributed by atoms with E-state index in [0.29, 0.717) is 29.0 Å². The normalized spacial score (nSPS) is 14.3. The number of carbonyl (C=O) groups is 1. The van der Waals surface area contributed by atoms with Crippen LogP contribution >= 0.6 is 23.2 Å². The van der Waals surface area contributed by atoms with E-state index in [9.17, 15) is 4.79 Å². The lowest BCUT2D eigenvalue weighted by atomic mass is 10.2. The van der Waals surface area contributed by atoms with E-state index in [4.69, 9.17) is 33.0 Å². The number of aliphatic hydroxyl groups excluding tert-OH is 1. The summed E-state index contributed by atoms with van der Waals surface area (Å²) in [7, 11) is 0. The number of hydrogen-bond acceptors (Lipinski definition) is 3. The van der Waals surface area contributed by atoms with Crippen molar-refractivity contribution in [2.24, 2.45) is 0 Å². The maximum absolute atomic E-state index is 12.4. The first kappa shape index (κ1) is 16.1. The smallest absolute Gasteiger partial charge is 0.288 e. The molecule has 4 nitrogen and oxygen atoms in total. The molecule has 0 saturated carbocycles. The second-order valence-electron chi connectivity index (χ2n) is 4.76. The van der Waals surface area contributed by atoms with Crippen LogP contribution in [0.5, 0.6) is 0 Å². The minimum absolute atomic E-state index is 0.111. The highest BCUT2D eigenvalue weighted by Gasteiger charge is 2.21. The number of halogens is 2. The van der Waals surface area contributed by atoms with Crippen molar-refractivity contribution in [3.8, 4) is 0 Å². The highest BCUT2D eigenvalue weighted by atomic mass is 35.5. The molecular weight excluding hydrogens is 313 g/mol. The van der Waals surface area contributed by atoms with E-state index >= 15 is 0 Å². The number of hydrogen-bond donors (Lipinski definition) is 1. The first-order valence-electron chi connectivity index (χ1n) is 6.79. The van der Waals surface area contributed by atoms with Gasteiger partial charge in [0.05, 0.1) is 23.3 Å². The van der Waals surface area contributed by atoms with Crippen molar-refractivity contribution in [1.29, 1.82) is 0 Å². The van der Waals surface area contributed by atoms with Crippen molar-refractivity contribution in [3.63, 3.8) is 0 Å². The summed E-state index contributed by atoms with van der Waals surface area (Å²) in [6, 6.07) is 5.22. The van der Waals surface area contributed by atoms with Crippen LogP contribution in [0.3, 0.4) is 0 Å². The molecule has 1 heterocycles. The molecule has 0 spiro atoms. The number of ether oxygens (including phenoxy) is 1. The van der Waals surface area contributed by atoms with Gasteiger partial charge in [0.15, 0.2) is 5.76 Å². The average Bonchev–Trinajstić information content (AvgIpc) is 2.50. The van der Waals surface area contributed by atoms with Crippen LogP contribution in [0.4, 0.5) is 0 Å². The second kappa shape index (κ2) is 7.69. The van der Waals surface area contributed by atoms with Gasteiger partial charge in [-0.3, -0.25) is 4.79 Å². The van der Waals surface area contributed by atoms with Crippen LogP contribution in [0.25, 0.3) is 0 Å². The Morgan fingerprint density at radius 3 is 2.76 bits per heavy atom. The minimum Gasteiger partial charge on any atom is -0.488 e. The molecule has 0 aromatic heterocycles. The fourth-order valence-corrected chi connectivity index (χ4v) is 2.41. The zero-order valence-corrected chi connectivity index (χ0v) is 13.0. The van der Waals surface area contributed by atoms with Gasteiger partial charge in [0.2, 0.25) is 0 Å². The molecule has 1 N–H and O–H groups in total. The quantitative estimate of drug-likeness (QED) is 0.903. The lowest BCUT2D eigenvalue weighted by Crippen LogP contribution is -2.35. The Kier molecular flexibility index (Phi) is 5.91. The molecule has 1 amide bonds. The lowest BCUT2D eigenvalue weighted by molar-refractivity contribution is -0.132. The van der Waals surface area contributed by atoms with Crippen LogP contribution < -0.4 is 0 Å². The summed E-state index contributed by atoms with van der Waals surface area (Å²) in [5, 5.41) is 10.1. The van der Waals surface area contributed by atoms with Crippen molar-refractivity contribution in [3.05, 3.63) is 45.6 Å². The Bertz CT molecular complexity index is 546. The minimum atomic E-state index is -0.213. The van der Waals surface area contributed by atoms with Gasteiger partial charge in [-0.25, -0.2) is 0 Å². The summed E-state index contributed by atoms with van der Waals surface area (Å²) < 4.78 is 5.39. The highest BCUT2D eigenvalue weighted by Crippen LogP contribution is 2.23. The summed E-state index contributed by atoms with van der Waals surface area (Å²) in [5.41, 5.74) is 0.850. The molecule has 0 unspecified atom stereocenters. The number of carbonyl (C=O) groups excluding carboxylic acids is 1. The fourth-order valence-electron chi connectivity index (χ4n) is 2.09. The molecule has 0 radical (unpaired) electrons. The van der Waals surface area contributed by atoms with E-state index in [1.807, 2.05) is 6.07 Å². The third-order valence-electron chi connectivity index (χ3n) is 3.16. The van der Waals surface area contributed by atoms with E-state index < -0.39 is 0 Å². The van der Waals surface area contributed by atoms with Crippen LogP contribution in [0.15, 0.2) is 30.0 Å². The molecular formula is C15H17Cl2NO3. The van der Waals surface area contributed by atoms with Crippen molar-refractivity contribution < 1.29 is 14.6 Å². The van der Waals surface area contributed by atoms with Crippen molar-refractivity contribution in [2.75, 3.05) is 19.8 Å². The van der Waals surface area contributed by atoms with E-state index in [1.54, 1.807) is 18.2 Å². The Balaban J connectivity index is 2.12. The number of amides is 1.